The number of aromatic carboxylic acids is 1. The Labute approximate surface area is 97.0 Å². The van der Waals surface area contributed by atoms with E-state index in [1.807, 2.05) is 0 Å². The third-order valence-corrected chi connectivity index (χ3v) is 3.24. The summed E-state index contributed by atoms with van der Waals surface area (Å²) < 4.78 is 10.7. The monoisotopic (exact) mass is 243 g/mol. The highest BCUT2D eigenvalue weighted by Crippen LogP contribution is 2.14. The molecule has 1 aromatic rings. The second-order valence-electron chi connectivity index (χ2n) is 3.69. The first-order valence-electron chi connectivity index (χ1n) is 5.09. The first-order valence-corrected chi connectivity index (χ1v) is 5.97. The molecule has 1 aliphatic rings. The van der Waals surface area contributed by atoms with Gasteiger partial charge in [-0.2, -0.15) is 0 Å². The van der Waals surface area contributed by atoms with Crippen molar-refractivity contribution < 1.29 is 19.4 Å². The Hall–Kier alpha value is -0.980. The average Bonchev–Trinajstić information content (AvgIpc) is 2.87. The van der Waals surface area contributed by atoms with Gasteiger partial charge in [0.1, 0.15) is 0 Å². The Kier molecular flexibility index (Phi) is 3.87. The van der Waals surface area contributed by atoms with Gasteiger partial charge in [0.2, 0.25) is 5.01 Å². The normalized spacial score (nSPS) is 20.1. The predicted molar refractivity (Wildman–Crippen MR) is 57.7 cm³/mol. The molecule has 6 heteroatoms. The number of rotatable bonds is 5. The summed E-state index contributed by atoms with van der Waals surface area (Å²) in [5, 5.41) is 10.5. The number of carbonyl (C=O) groups is 1. The lowest BCUT2D eigenvalue weighted by Crippen LogP contribution is -2.09. The number of carboxylic acid groups (broad SMARTS) is 1. The molecule has 1 unspecified atom stereocenters. The lowest BCUT2D eigenvalue weighted by molar-refractivity contribution is 0.0691. The van der Waals surface area contributed by atoms with Crippen LogP contribution in [-0.2, 0) is 16.1 Å². The molecule has 1 aromatic heterocycles. The van der Waals surface area contributed by atoms with Crippen LogP contribution in [-0.4, -0.2) is 35.9 Å². The molecule has 88 valence electrons. The van der Waals surface area contributed by atoms with Crippen LogP contribution < -0.4 is 0 Å². The summed E-state index contributed by atoms with van der Waals surface area (Å²) >= 11 is 1.12. The molecular weight excluding hydrogens is 230 g/mol. The Bertz CT molecular complexity index is 359. The van der Waals surface area contributed by atoms with Crippen LogP contribution in [0.3, 0.4) is 0 Å². The van der Waals surface area contributed by atoms with Gasteiger partial charge in [-0.1, -0.05) is 0 Å². The van der Waals surface area contributed by atoms with Crippen molar-refractivity contribution in [3.63, 3.8) is 0 Å². The SMILES string of the molecule is O=C(O)c1nc(COCC2CCOC2)cs1. The molecule has 1 N–H and O–H groups in total. The van der Waals surface area contributed by atoms with E-state index in [4.69, 9.17) is 14.6 Å². The van der Waals surface area contributed by atoms with Gasteiger partial charge in [-0.25, -0.2) is 9.78 Å². The second kappa shape index (κ2) is 5.38. The van der Waals surface area contributed by atoms with Crippen molar-refractivity contribution in [3.8, 4) is 0 Å². The van der Waals surface area contributed by atoms with E-state index in [0.29, 0.717) is 24.8 Å². The van der Waals surface area contributed by atoms with E-state index in [1.165, 1.54) is 0 Å². The zero-order valence-corrected chi connectivity index (χ0v) is 9.53. The molecule has 0 saturated carbocycles. The van der Waals surface area contributed by atoms with Crippen molar-refractivity contribution >= 4 is 17.3 Å². The summed E-state index contributed by atoms with van der Waals surface area (Å²) in [4.78, 5) is 14.5. The minimum absolute atomic E-state index is 0.114. The maximum atomic E-state index is 10.6. The number of thiazole rings is 1. The van der Waals surface area contributed by atoms with Crippen molar-refractivity contribution in [2.75, 3.05) is 19.8 Å². The van der Waals surface area contributed by atoms with E-state index in [0.717, 1.165) is 31.0 Å². The van der Waals surface area contributed by atoms with Gasteiger partial charge in [-0.05, 0) is 6.42 Å². The summed E-state index contributed by atoms with van der Waals surface area (Å²) in [6, 6.07) is 0. The molecule has 1 aliphatic heterocycles. The van der Waals surface area contributed by atoms with Crippen LogP contribution in [0.5, 0.6) is 0 Å². The molecule has 0 amide bonds. The third-order valence-electron chi connectivity index (χ3n) is 2.36. The van der Waals surface area contributed by atoms with E-state index in [2.05, 4.69) is 4.98 Å². The molecule has 0 spiro atoms. The fraction of sp³-hybridized carbons (Fsp3) is 0.600. The maximum absolute atomic E-state index is 10.6. The smallest absolute Gasteiger partial charge is 0.365 e. The van der Waals surface area contributed by atoms with Gasteiger partial charge >= 0.3 is 5.97 Å². The molecule has 0 radical (unpaired) electrons. The maximum Gasteiger partial charge on any atom is 0.365 e. The van der Waals surface area contributed by atoms with E-state index in [1.54, 1.807) is 5.38 Å². The molecule has 1 fully saturated rings. The van der Waals surface area contributed by atoms with Gasteiger partial charge in [-0.3, -0.25) is 0 Å². The fourth-order valence-electron chi connectivity index (χ4n) is 1.52. The number of nitrogens with zero attached hydrogens (tertiary/aromatic N) is 1. The van der Waals surface area contributed by atoms with E-state index in [-0.39, 0.29) is 5.01 Å². The van der Waals surface area contributed by atoms with Crippen LogP contribution in [0.2, 0.25) is 0 Å². The highest BCUT2D eigenvalue weighted by Gasteiger charge is 2.16. The summed E-state index contributed by atoms with van der Waals surface area (Å²) in [5.41, 5.74) is 0.682. The van der Waals surface area contributed by atoms with E-state index < -0.39 is 5.97 Å². The first-order chi connectivity index (χ1) is 7.75. The second-order valence-corrected chi connectivity index (χ2v) is 4.55. The predicted octanol–water partition coefficient (Wildman–Crippen LogP) is 1.39. The molecule has 2 heterocycles. The Morgan fingerprint density at radius 3 is 3.25 bits per heavy atom. The molecule has 5 nitrogen and oxygen atoms in total. The van der Waals surface area contributed by atoms with Crippen molar-refractivity contribution in [3.05, 3.63) is 16.1 Å². The molecule has 16 heavy (non-hydrogen) atoms. The molecule has 1 saturated heterocycles. The van der Waals surface area contributed by atoms with Gasteiger partial charge in [0.25, 0.3) is 0 Å². The van der Waals surface area contributed by atoms with Crippen molar-refractivity contribution in [2.24, 2.45) is 5.92 Å². The van der Waals surface area contributed by atoms with Crippen LogP contribution >= 0.6 is 11.3 Å². The Morgan fingerprint density at radius 1 is 1.75 bits per heavy atom. The zero-order chi connectivity index (χ0) is 11.4. The molecule has 0 aromatic carbocycles. The molecule has 0 aliphatic carbocycles. The molecule has 0 bridgehead atoms. The first kappa shape index (κ1) is 11.5. The largest absolute Gasteiger partial charge is 0.476 e. The number of hydrogen-bond donors (Lipinski definition) is 1. The number of aromatic nitrogens is 1. The van der Waals surface area contributed by atoms with Crippen molar-refractivity contribution in [1.29, 1.82) is 0 Å². The van der Waals surface area contributed by atoms with Gasteiger partial charge in [0.05, 0.1) is 25.5 Å². The summed E-state index contributed by atoms with van der Waals surface area (Å²) in [7, 11) is 0. The average molecular weight is 243 g/mol. The summed E-state index contributed by atoms with van der Waals surface area (Å²) in [5.74, 6) is -0.516. The van der Waals surface area contributed by atoms with Crippen LogP contribution in [0.1, 0.15) is 21.9 Å². The lowest BCUT2D eigenvalue weighted by atomic mass is 10.1. The highest BCUT2D eigenvalue weighted by atomic mass is 32.1. The lowest BCUT2D eigenvalue weighted by Gasteiger charge is -2.06. The molecular formula is C10H13NO4S. The van der Waals surface area contributed by atoms with Crippen LogP contribution in [0.4, 0.5) is 0 Å². The Morgan fingerprint density at radius 2 is 2.62 bits per heavy atom. The quantitative estimate of drug-likeness (QED) is 0.846. The standard InChI is InChI=1S/C10H13NO4S/c12-10(13)9-11-8(6-16-9)5-15-4-7-1-2-14-3-7/h6-7H,1-5H2,(H,12,13). The van der Waals surface area contributed by atoms with Gasteiger partial charge in [0, 0.05) is 17.9 Å². The van der Waals surface area contributed by atoms with Gasteiger partial charge in [0.15, 0.2) is 0 Å². The number of carboxylic acids is 1. The number of hydrogen-bond acceptors (Lipinski definition) is 5. The van der Waals surface area contributed by atoms with Gasteiger partial charge in [-0.15, -0.1) is 11.3 Å². The highest BCUT2D eigenvalue weighted by molar-refractivity contribution is 7.11. The minimum atomic E-state index is -0.986. The van der Waals surface area contributed by atoms with E-state index >= 15 is 0 Å². The summed E-state index contributed by atoms with van der Waals surface area (Å²) in [6.45, 7) is 2.60. The van der Waals surface area contributed by atoms with Crippen LogP contribution in [0.25, 0.3) is 0 Å². The molecule has 1 atom stereocenters. The van der Waals surface area contributed by atoms with Gasteiger partial charge < -0.3 is 14.6 Å². The summed E-state index contributed by atoms with van der Waals surface area (Å²) in [6.07, 6.45) is 1.04. The fourth-order valence-corrected chi connectivity index (χ4v) is 2.16. The van der Waals surface area contributed by atoms with Crippen LogP contribution in [0, 0.1) is 5.92 Å². The topological polar surface area (TPSA) is 68.7 Å². The Balaban J connectivity index is 1.74. The van der Waals surface area contributed by atoms with E-state index in [9.17, 15) is 4.79 Å². The van der Waals surface area contributed by atoms with Crippen molar-refractivity contribution in [1.82, 2.24) is 4.98 Å². The third kappa shape index (κ3) is 3.01. The molecule has 2 rings (SSSR count). The van der Waals surface area contributed by atoms with Crippen molar-refractivity contribution in [2.45, 2.75) is 13.0 Å². The number of ether oxygens (including phenoxy) is 2. The minimum Gasteiger partial charge on any atom is -0.476 e. The van der Waals surface area contributed by atoms with Crippen LogP contribution in [0.15, 0.2) is 5.38 Å². The zero-order valence-electron chi connectivity index (χ0n) is 8.72.